The summed E-state index contributed by atoms with van der Waals surface area (Å²) in [5.41, 5.74) is 5.42. The predicted molar refractivity (Wildman–Crippen MR) is 292 cm³/mol. The Kier molecular flexibility index (Phi) is 19.0. The van der Waals surface area contributed by atoms with Crippen molar-refractivity contribution >= 4 is 40.7 Å². The molecular formula is C59H77F3N6O8S. The van der Waals surface area contributed by atoms with Gasteiger partial charge in [-0.15, -0.1) is 11.3 Å². The zero-order valence-electron chi connectivity index (χ0n) is 46.3. The van der Waals surface area contributed by atoms with Gasteiger partial charge in [-0.05, 0) is 119 Å². The summed E-state index contributed by atoms with van der Waals surface area (Å²) < 4.78 is 65.4. The van der Waals surface area contributed by atoms with Crippen LogP contribution in [0.3, 0.4) is 0 Å². The van der Waals surface area contributed by atoms with E-state index in [1.165, 1.54) is 23.6 Å². The smallest absolute Gasteiger partial charge is 0.410 e. The van der Waals surface area contributed by atoms with Crippen LogP contribution in [0, 0.1) is 24.0 Å². The first kappa shape index (κ1) is 58.9. The molecule has 1 fully saturated rings. The molecule has 14 nitrogen and oxygen atoms in total. The van der Waals surface area contributed by atoms with Gasteiger partial charge in [-0.25, -0.2) is 22.9 Å². The Morgan fingerprint density at radius 2 is 1.64 bits per heavy atom. The van der Waals surface area contributed by atoms with Crippen molar-refractivity contribution in [3.8, 4) is 16.2 Å². The molecule has 1 saturated heterocycles. The summed E-state index contributed by atoms with van der Waals surface area (Å²) >= 11 is 1.56. The number of benzene rings is 3. The molecule has 4 aromatic rings. The number of aliphatic hydroxyl groups is 1. The van der Waals surface area contributed by atoms with Crippen molar-refractivity contribution in [3.05, 3.63) is 111 Å². The van der Waals surface area contributed by atoms with Gasteiger partial charge < -0.3 is 39.8 Å². The van der Waals surface area contributed by atoms with Gasteiger partial charge in [0.05, 0.1) is 34.8 Å². The van der Waals surface area contributed by atoms with Crippen molar-refractivity contribution < 1.29 is 51.7 Å². The van der Waals surface area contributed by atoms with Crippen LogP contribution in [-0.4, -0.2) is 130 Å². The number of hydrogen-bond acceptors (Lipinski definition) is 11. The van der Waals surface area contributed by atoms with Crippen LogP contribution >= 0.6 is 11.3 Å². The fraction of sp³-hybridized carbons (Fsp3) is 0.542. The molecule has 1 aliphatic carbocycles. The van der Waals surface area contributed by atoms with Crippen molar-refractivity contribution in [3.63, 3.8) is 0 Å². The van der Waals surface area contributed by atoms with Crippen molar-refractivity contribution in [1.82, 2.24) is 30.3 Å². The number of nitrogens with one attached hydrogen (secondary N) is 2. The van der Waals surface area contributed by atoms with Crippen LogP contribution in [0.15, 0.2) is 71.7 Å². The fourth-order valence-corrected chi connectivity index (χ4v) is 11.3. The Balaban J connectivity index is 0.882. The third-order valence-corrected chi connectivity index (χ3v) is 15.1. The average molecular weight is 1090 g/mol. The highest BCUT2D eigenvalue weighted by molar-refractivity contribution is 7.13. The maximum Gasteiger partial charge on any atom is 0.410 e. The van der Waals surface area contributed by atoms with Gasteiger partial charge in [0.2, 0.25) is 17.7 Å². The van der Waals surface area contributed by atoms with E-state index in [9.17, 15) is 24.3 Å². The number of carbonyl (C=O) groups is 4. The van der Waals surface area contributed by atoms with Crippen molar-refractivity contribution in [2.45, 2.75) is 156 Å². The first-order chi connectivity index (χ1) is 36.3. The van der Waals surface area contributed by atoms with E-state index < -0.39 is 76.4 Å². The summed E-state index contributed by atoms with van der Waals surface area (Å²) in [5.74, 6) is -3.04. The number of nitrogens with zero attached hydrogens (tertiary/aromatic N) is 4. The lowest BCUT2D eigenvalue weighted by molar-refractivity contribution is -0.144. The molecule has 1 aromatic heterocycles. The van der Waals surface area contributed by atoms with E-state index in [0.29, 0.717) is 32.1 Å². The van der Waals surface area contributed by atoms with Crippen LogP contribution in [0.2, 0.25) is 0 Å². The van der Waals surface area contributed by atoms with E-state index in [2.05, 4.69) is 15.6 Å². The number of ether oxygens (including phenoxy) is 3. The number of aromatic nitrogens is 1. The number of alkyl halides is 1. The molecule has 0 spiro atoms. The summed E-state index contributed by atoms with van der Waals surface area (Å²) in [4.78, 5) is 64.3. The van der Waals surface area contributed by atoms with E-state index in [0.717, 1.165) is 56.1 Å². The van der Waals surface area contributed by atoms with Crippen LogP contribution in [0.1, 0.15) is 128 Å². The lowest BCUT2D eigenvalue weighted by atomic mass is 9.84. The van der Waals surface area contributed by atoms with Gasteiger partial charge in [-0.2, -0.15) is 0 Å². The first-order valence-corrected chi connectivity index (χ1v) is 27.6. The van der Waals surface area contributed by atoms with Gasteiger partial charge in [-0.1, -0.05) is 69.3 Å². The minimum Gasteiger partial charge on any atom is -0.492 e. The van der Waals surface area contributed by atoms with Gasteiger partial charge in [0.1, 0.15) is 54.0 Å². The van der Waals surface area contributed by atoms with Crippen LogP contribution in [0.25, 0.3) is 16.0 Å². The quantitative estimate of drug-likeness (QED) is 0.0685. The molecule has 5 atom stereocenters. The number of thiazole rings is 1. The molecule has 418 valence electrons. The third-order valence-electron chi connectivity index (χ3n) is 14.2. The van der Waals surface area contributed by atoms with Crippen molar-refractivity contribution in [1.29, 1.82) is 0 Å². The lowest BCUT2D eigenvalue weighted by Crippen LogP contribution is -2.58. The zero-order valence-corrected chi connectivity index (χ0v) is 47.1. The Morgan fingerprint density at radius 3 is 2.29 bits per heavy atom. The van der Waals surface area contributed by atoms with Crippen LogP contribution in [0.4, 0.5) is 18.0 Å². The van der Waals surface area contributed by atoms with E-state index in [1.807, 2.05) is 88.0 Å². The second-order valence-electron chi connectivity index (χ2n) is 23.4. The molecule has 0 saturated carbocycles. The lowest BCUT2D eigenvalue weighted by Gasteiger charge is -2.44. The van der Waals surface area contributed by atoms with Gasteiger partial charge in [-0.3, -0.25) is 19.3 Å². The second kappa shape index (κ2) is 24.9. The Hall–Kier alpha value is -5.82. The number of halogens is 3. The van der Waals surface area contributed by atoms with Gasteiger partial charge in [0.25, 0.3) is 0 Å². The van der Waals surface area contributed by atoms with E-state index in [4.69, 9.17) is 14.2 Å². The van der Waals surface area contributed by atoms with Crippen molar-refractivity contribution in [2.24, 2.45) is 5.41 Å². The number of amides is 4. The summed E-state index contributed by atoms with van der Waals surface area (Å²) in [6.45, 7) is 17.9. The van der Waals surface area contributed by atoms with Crippen LogP contribution in [-0.2, 0) is 36.8 Å². The molecule has 77 heavy (non-hydrogen) atoms. The van der Waals surface area contributed by atoms with Gasteiger partial charge >= 0.3 is 6.09 Å². The molecule has 0 bridgehead atoms. The van der Waals surface area contributed by atoms with Gasteiger partial charge in [0, 0.05) is 62.9 Å². The van der Waals surface area contributed by atoms with Crippen LogP contribution in [0.5, 0.6) is 5.75 Å². The van der Waals surface area contributed by atoms with Crippen LogP contribution < -0.4 is 15.4 Å². The summed E-state index contributed by atoms with van der Waals surface area (Å²) in [5, 5.41) is 16.4. The Bertz CT molecular complexity index is 2740. The normalized spacial score (nSPS) is 19.2. The fourth-order valence-electron chi connectivity index (χ4n) is 10.5. The number of aryl methyl sites for hydroxylation is 1. The zero-order chi connectivity index (χ0) is 56.0. The topological polar surface area (TPSA) is 163 Å². The number of fused-ring (bicyclic) bond motifs is 2. The minimum atomic E-state index is -1.62. The molecule has 0 radical (unpaired) electrons. The summed E-state index contributed by atoms with van der Waals surface area (Å²) in [6.07, 6.45) is 1.42. The maximum absolute atomic E-state index is 16.4. The summed E-state index contributed by atoms with van der Waals surface area (Å²) in [6, 6.07) is 15.1. The molecule has 3 aromatic carbocycles. The molecule has 7 rings (SSSR count). The number of hydrogen-bond donors (Lipinski definition) is 3. The summed E-state index contributed by atoms with van der Waals surface area (Å²) in [7, 11) is 0. The number of unbranched alkanes of at least 4 members (excludes halogenated alkanes) is 2. The monoisotopic (exact) mass is 1090 g/mol. The third kappa shape index (κ3) is 15.3. The molecule has 0 unspecified atom stereocenters. The van der Waals surface area contributed by atoms with E-state index in [-0.39, 0.29) is 76.3 Å². The van der Waals surface area contributed by atoms with Crippen molar-refractivity contribution in [2.75, 3.05) is 46.0 Å². The Labute approximate surface area is 455 Å². The predicted octanol–water partition coefficient (Wildman–Crippen LogP) is 9.90. The molecule has 3 aliphatic rings. The molecule has 4 amide bonds. The number of β-amino-alcohol motifs (C(OH)–C–C–N with tert-alkyl or cyclic N) is 1. The number of likely N-dealkylation sites (tertiary alicyclic amines) is 1. The first-order valence-electron chi connectivity index (χ1n) is 26.7. The highest BCUT2D eigenvalue weighted by Gasteiger charge is 2.45. The van der Waals surface area contributed by atoms with E-state index >= 15 is 13.2 Å². The molecule has 3 N–H and O–H groups in total. The molecular weight excluding hydrogens is 1010 g/mol. The minimum absolute atomic E-state index is 0.0135. The number of carbonyl (C=O) groups excluding carboxylic acids is 4. The average Bonchev–Trinajstić information content (AvgIpc) is 4.13. The Morgan fingerprint density at radius 1 is 0.935 bits per heavy atom. The van der Waals surface area contributed by atoms with E-state index in [1.54, 1.807) is 37.6 Å². The number of aliphatic hydroxyl groups excluding tert-OH is 1. The highest BCUT2D eigenvalue weighted by Crippen LogP contribution is 2.50. The molecule has 18 heteroatoms. The maximum atomic E-state index is 16.4. The number of rotatable bonds is 21. The molecule has 3 heterocycles. The largest absolute Gasteiger partial charge is 0.492 e. The van der Waals surface area contributed by atoms with Gasteiger partial charge in [0.15, 0.2) is 0 Å². The SMILES string of the molecule is Cc1ncsc1-c1ccc(CNC(=O)[C@@H]2C[C@@H](O)CN2C(=O)[C@@H](NC(=O)COCCCCCN(CCOc2cc(F)c([C@@H]3C4=C(C[C@@H](C)N3CC(C)(C)F)c3ccccc3C4)c(F)c2)C(=O)OC(C)(C)C)C(C)(C)C)cc1. The standard InChI is InChI=1S/C59H77F3N6O8S/c1-36-26-44-43-17-13-12-16-40(43)27-45(44)51(68(36)34-59(9,10)62)50-46(60)29-42(30-47(50)61)75-25-23-66(56(73)76-58(6,7)8)22-14-11-15-24-74-33-49(70)65-53(57(3,4)5)55(72)67-32-41(69)28-48(67)54(71)63-31-38-18-20-39(21-19-38)52-37(2)64-35-77-52/h12-13,16-21,29-30,35-36,41,48,51,53,69H,11,14-15,22-28,31-34H2,1-10H3,(H,63,71)(H,65,70)/t36-,41-,48+,51+,53-/m1/s1. The second-order valence-corrected chi connectivity index (χ2v) is 24.2. The highest BCUT2D eigenvalue weighted by atomic mass is 32.1. The molecule has 2 aliphatic heterocycles.